The first-order chi connectivity index (χ1) is 18.6. The molecule has 0 spiro atoms. The highest BCUT2D eigenvalue weighted by Gasteiger charge is 2.37. The maximum atomic E-state index is 13.4. The molecule has 7 nitrogen and oxygen atoms in total. The molecular weight excluding hydrogens is 490 g/mol. The van der Waals surface area contributed by atoms with E-state index < -0.39 is 11.8 Å². The van der Waals surface area contributed by atoms with E-state index in [-0.39, 0.29) is 12.5 Å². The van der Waals surface area contributed by atoms with Crippen LogP contribution in [0, 0.1) is 34.6 Å². The van der Waals surface area contributed by atoms with Gasteiger partial charge in [-0.3, -0.25) is 19.3 Å². The van der Waals surface area contributed by atoms with Crippen LogP contribution in [0.15, 0.2) is 54.6 Å². The Bertz CT molecular complexity index is 1640. The van der Waals surface area contributed by atoms with Gasteiger partial charge in [0.15, 0.2) is 0 Å². The quantitative estimate of drug-likeness (QED) is 0.308. The molecule has 3 amide bonds. The van der Waals surface area contributed by atoms with Crippen LogP contribution in [-0.4, -0.2) is 41.2 Å². The third-order valence-corrected chi connectivity index (χ3v) is 7.48. The second-order valence-corrected chi connectivity index (χ2v) is 10.2. The molecule has 7 heteroatoms. The molecule has 4 aromatic rings. The SMILES string of the molecule is Cc1cc(C)c2cccc(OCc3c(C)cc(C)c(N(C)C(=O)CN4C(=O)c5ccccc5C4=O)c3C)c2n1. The van der Waals surface area contributed by atoms with E-state index in [4.69, 9.17) is 9.72 Å². The van der Waals surface area contributed by atoms with Crippen LogP contribution in [0.4, 0.5) is 5.69 Å². The minimum atomic E-state index is -0.446. The lowest BCUT2D eigenvalue weighted by atomic mass is 9.97. The number of benzene rings is 3. The zero-order chi connectivity index (χ0) is 28.0. The van der Waals surface area contributed by atoms with E-state index in [9.17, 15) is 14.4 Å². The lowest BCUT2D eigenvalue weighted by Gasteiger charge is -2.26. The zero-order valence-corrected chi connectivity index (χ0v) is 23.1. The lowest BCUT2D eigenvalue weighted by Crippen LogP contribution is -2.41. The summed E-state index contributed by atoms with van der Waals surface area (Å²) in [5.74, 6) is -0.540. The second kappa shape index (κ2) is 9.98. The Morgan fingerprint density at radius 1 is 0.872 bits per heavy atom. The van der Waals surface area contributed by atoms with Crippen LogP contribution in [-0.2, 0) is 11.4 Å². The van der Waals surface area contributed by atoms with E-state index >= 15 is 0 Å². The molecule has 0 saturated carbocycles. The largest absolute Gasteiger partial charge is 0.487 e. The average molecular weight is 522 g/mol. The lowest BCUT2D eigenvalue weighted by molar-refractivity contribution is -0.118. The van der Waals surface area contributed by atoms with Gasteiger partial charge in [0.1, 0.15) is 24.4 Å². The van der Waals surface area contributed by atoms with E-state index in [0.717, 1.165) is 55.0 Å². The fraction of sp³-hybridized carbons (Fsp3) is 0.250. The van der Waals surface area contributed by atoms with Crippen LogP contribution >= 0.6 is 0 Å². The monoisotopic (exact) mass is 521 g/mol. The number of fused-ring (bicyclic) bond motifs is 2. The maximum Gasteiger partial charge on any atom is 0.262 e. The number of aromatic nitrogens is 1. The predicted molar refractivity (Wildman–Crippen MR) is 151 cm³/mol. The van der Waals surface area contributed by atoms with Crippen LogP contribution in [0.25, 0.3) is 10.9 Å². The van der Waals surface area contributed by atoms with E-state index in [0.29, 0.717) is 23.5 Å². The maximum absolute atomic E-state index is 13.4. The van der Waals surface area contributed by atoms with Gasteiger partial charge in [0, 0.05) is 23.8 Å². The summed E-state index contributed by atoms with van der Waals surface area (Å²) >= 11 is 0. The summed E-state index contributed by atoms with van der Waals surface area (Å²) in [5, 5.41) is 1.05. The summed E-state index contributed by atoms with van der Waals surface area (Å²) in [6.07, 6.45) is 0. The molecule has 39 heavy (non-hydrogen) atoms. The smallest absolute Gasteiger partial charge is 0.262 e. The molecule has 0 bridgehead atoms. The van der Waals surface area contributed by atoms with Crippen molar-refractivity contribution >= 4 is 34.3 Å². The number of amides is 3. The Kier molecular flexibility index (Phi) is 6.68. The summed E-state index contributed by atoms with van der Waals surface area (Å²) in [5.41, 5.74) is 8.14. The van der Waals surface area contributed by atoms with Crippen LogP contribution in [0.1, 0.15) is 54.2 Å². The van der Waals surface area contributed by atoms with Gasteiger partial charge < -0.3 is 9.64 Å². The molecule has 0 N–H and O–H groups in total. The molecule has 2 heterocycles. The van der Waals surface area contributed by atoms with Gasteiger partial charge in [-0.2, -0.15) is 0 Å². The standard InChI is InChI=1S/C32H31N3O4/c1-18-14-20(3)30(34(6)28(36)16-35-31(37)24-10-7-8-11-25(24)32(35)38)22(5)26(18)17-39-27-13-9-12-23-19(2)15-21(4)33-29(23)27/h7-15H,16-17H2,1-6H3. The minimum absolute atomic E-state index is 0.305. The molecular formula is C32H31N3O4. The number of imide groups is 1. The molecule has 0 fully saturated rings. The average Bonchev–Trinajstić information content (AvgIpc) is 3.13. The van der Waals surface area contributed by atoms with Gasteiger partial charge in [-0.05, 0) is 86.7 Å². The number of carbonyl (C=O) groups excluding carboxylic acids is 3. The van der Waals surface area contributed by atoms with Gasteiger partial charge in [-0.15, -0.1) is 0 Å². The van der Waals surface area contributed by atoms with Crippen molar-refractivity contribution in [3.8, 4) is 5.75 Å². The van der Waals surface area contributed by atoms with Gasteiger partial charge in [0.25, 0.3) is 11.8 Å². The van der Waals surface area contributed by atoms with E-state index in [2.05, 4.69) is 13.0 Å². The highest BCUT2D eigenvalue weighted by atomic mass is 16.5. The van der Waals surface area contributed by atoms with Crippen molar-refractivity contribution in [3.05, 3.63) is 99.2 Å². The van der Waals surface area contributed by atoms with Crippen molar-refractivity contribution in [2.45, 2.75) is 41.2 Å². The van der Waals surface area contributed by atoms with Gasteiger partial charge in [-0.25, -0.2) is 4.98 Å². The number of hydrogen-bond acceptors (Lipinski definition) is 5. The fourth-order valence-electron chi connectivity index (χ4n) is 5.52. The minimum Gasteiger partial charge on any atom is -0.487 e. The predicted octanol–water partition coefficient (Wildman–Crippen LogP) is 5.61. The Hall–Kier alpha value is -4.52. The van der Waals surface area contributed by atoms with Gasteiger partial charge in [0.2, 0.25) is 5.91 Å². The van der Waals surface area contributed by atoms with Crippen molar-refractivity contribution in [2.75, 3.05) is 18.5 Å². The highest BCUT2D eigenvalue weighted by Crippen LogP contribution is 2.33. The topological polar surface area (TPSA) is 79.8 Å². The molecule has 0 aliphatic carbocycles. The molecule has 198 valence electrons. The summed E-state index contributed by atoms with van der Waals surface area (Å²) < 4.78 is 6.32. The Morgan fingerprint density at radius 3 is 2.21 bits per heavy atom. The van der Waals surface area contributed by atoms with Crippen molar-refractivity contribution in [2.24, 2.45) is 0 Å². The van der Waals surface area contributed by atoms with Crippen LogP contribution in [0.3, 0.4) is 0 Å². The van der Waals surface area contributed by atoms with Gasteiger partial charge in [0.05, 0.1) is 11.1 Å². The number of para-hydroxylation sites is 1. The first kappa shape index (κ1) is 26.1. The number of likely N-dealkylation sites (N-methyl/N-ethyl adjacent to an activating group) is 1. The first-order valence-corrected chi connectivity index (χ1v) is 12.9. The van der Waals surface area contributed by atoms with Crippen molar-refractivity contribution in [1.82, 2.24) is 9.88 Å². The molecule has 3 aromatic carbocycles. The van der Waals surface area contributed by atoms with Gasteiger partial charge in [-0.1, -0.05) is 30.3 Å². The number of rotatable bonds is 6. The van der Waals surface area contributed by atoms with Crippen molar-refractivity contribution in [3.63, 3.8) is 0 Å². The molecule has 1 aromatic heterocycles. The summed E-state index contributed by atoms with van der Waals surface area (Å²) in [4.78, 5) is 46.2. The van der Waals surface area contributed by atoms with Crippen LogP contribution in [0.2, 0.25) is 0 Å². The number of hydrogen-bond donors (Lipinski definition) is 0. The van der Waals surface area contributed by atoms with Crippen LogP contribution < -0.4 is 9.64 Å². The molecule has 1 aliphatic heterocycles. The number of ether oxygens (including phenoxy) is 1. The number of nitrogens with zero attached hydrogens (tertiary/aromatic N) is 3. The zero-order valence-electron chi connectivity index (χ0n) is 23.1. The normalized spacial score (nSPS) is 12.7. The third-order valence-electron chi connectivity index (χ3n) is 7.48. The summed E-state index contributed by atoms with van der Waals surface area (Å²) in [6, 6.07) is 16.7. The number of anilines is 1. The first-order valence-electron chi connectivity index (χ1n) is 12.9. The summed E-state index contributed by atoms with van der Waals surface area (Å²) in [7, 11) is 1.68. The van der Waals surface area contributed by atoms with Crippen molar-refractivity contribution < 1.29 is 19.1 Å². The fourth-order valence-corrected chi connectivity index (χ4v) is 5.52. The van der Waals surface area contributed by atoms with E-state index in [1.54, 1.807) is 31.3 Å². The second-order valence-electron chi connectivity index (χ2n) is 10.2. The number of carbonyl (C=O) groups is 3. The molecule has 0 unspecified atom stereocenters. The molecule has 1 aliphatic rings. The van der Waals surface area contributed by atoms with Crippen LogP contribution in [0.5, 0.6) is 5.75 Å². The molecule has 0 atom stereocenters. The molecule has 0 saturated heterocycles. The van der Waals surface area contributed by atoms with Crippen molar-refractivity contribution in [1.29, 1.82) is 0 Å². The highest BCUT2D eigenvalue weighted by molar-refractivity contribution is 6.22. The van der Waals surface area contributed by atoms with E-state index in [1.807, 2.05) is 52.0 Å². The summed E-state index contributed by atoms with van der Waals surface area (Å²) in [6.45, 7) is 9.95. The molecule has 5 rings (SSSR count). The Balaban J connectivity index is 1.40. The Morgan fingerprint density at radius 2 is 1.54 bits per heavy atom. The Labute approximate surface area is 228 Å². The van der Waals surface area contributed by atoms with E-state index in [1.165, 1.54) is 4.90 Å². The van der Waals surface area contributed by atoms with Gasteiger partial charge >= 0.3 is 0 Å². The third kappa shape index (κ3) is 4.54. The molecule has 0 radical (unpaired) electrons. The number of aryl methyl sites for hydroxylation is 4. The number of pyridine rings is 1.